The van der Waals surface area contributed by atoms with Gasteiger partial charge in [0.2, 0.25) is 0 Å². The summed E-state index contributed by atoms with van der Waals surface area (Å²) in [5, 5.41) is 4.17. The number of rotatable bonds is 6. The zero-order valence-electron chi connectivity index (χ0n) is 31.9. The molecule has 5 aromatic rings. The molecule has 4 unspecified atom stereocenters. The third-order valence-corrected chi connectivity index (χ3v) is 10.6. The lowest BCUT2D eigenvalue weighted by atomic mass is 9.79. The molecule has 8 heteroatoms. The number of esters is 4. The lowest BCUT2D eigenvalue weighted by Gasteiger charge is -2.32. The van der Waals surface area contributed by atoms with E-state index in [1.165, 1.54) is 33.3 Å². The summed E-state index contributed by atoms with van der Waals surface area (Å²) in [6.07, 6.45) is 0.390. The third-order valence-electron chi connectivity index (χ3n) is 10.6. The Morgan fingerprint density at radius 3 is 1.22 bits per heavy atom. The van der Waals surface area contributed by atoms with Gasteiger partial charge in [-0.1, -0.05) is 81.4 Å². The van der Waals surface area contributed by atoms with Crippen molar-refractivity contribution in [2.45, 2.75) is 104 Å². The number of ether oxygens (including phenoxy) is 4. The van der Waals surface area contributed by atoms with Crippen LogP contribution in [0.25, 0.3) is 43.8 Å². The van der Waals surface area contributed by atoms with Crippen molar-refractivity contribution in [2.24, 2.45) is 0 Å². The molecule has 0 saturated carbocycles. The number of carbonyl (C=O) groups is 4. The average molecular weight is 727 g/mol. The van der Waals surface area contributed by atoms with Crippen LogP contribution < -0.4 is 0 Å². The van der Waals surface area contributed by atoms with Gasteiger partial charge in [-0.25, -0.2) is 0 Å². The van der Waals surface area contributed by atoms with Crippen LogP contribution in [0.15, 0.2) is 78.9 Å². The molecule has 0 bridgehead atoms. The summed E-state index contributed by atoms with van der Waals surface area (Å²) < 4.78 is 23.1. The van der Waals surface area contributed by atoms with Crippen molar-refractivity contribution in [1.82, 2.24) is 0 Å². The van der Waals surface area contributed by atoms with Crippen molar-refractivity contribution in [3.05, 3.63) is 107 Å². The standard InChI is InChI=1S/C46H46O8/c1-25(47)51-40-18-20-42(53-27(3)49)37-22-29(12-15-32(37)40)44-34-10-8-9-11-35(34)45(39-24-31(46(5,6)7)14-17-36(39)44)30-13-16-33-38(23-30)43(54-28(4)50)21-19-41(33)52-26(2)48/h8-17,22-24,40-43H,18-21H2,1-7H3. The van der Waals surface area contributed by atoms with Gasteiger partial charge in [0.25, 0.3) is 0 Å². The van der Waals surface area contributed by atoms with Crippen LogP contribution in [0.1, 0.15) is 126 Å². The highest BCUT2D eigenvalue weighted by Crippen LogP contribution is 2.49. The molecule has 0 fully saturated rings. The van der Waals surface area contributed by atoms with E-state index in [0.29, 0.717) is 25.7 Å². The molecule has 8 nitrogen and oxygen atoms in total. The molecular weight excluding hydrogens is 680 g/mol. The fourth-order valence-corrected chi connectivity index (χ4v) is 8.39. The zero-order valence-corrected chi connectivity index (χ0v) is 31.9. The Hall–Kier alpha value is -5.50. The zero-order chi connectivity index (χ0) is 38.5. The Balaban J connectivity index is 1.50. The van der Waals surface area contributed by atoms with Gasteiger partial charge < -0.3 is 18.9 Å². The first kappa shape index (κ1) is 36.8. The largest absolute Gasteiger partial charge is 0.458 e. The van der Waals surface area contributed by atoms with Crippen LogP contribution in [0.5, 0.6) is 0 Å². The summed E-state index contributed by atoms with van der Waals surface area (Å²) in [6.45, 7) is 12.3. The van der Waals surface area contributed by atoms with E-state index >= 15 is 0 Å². The molecule has 0 N–H and O–H groups in total. The number of hydrogen-bond donors (Lipinski definition) is 0. The molecule has 0 aliphatic heterocycles. The number of fused-ring (bicyclic) bond motifs is 4. The highest BCUT2D eigenvalue weighted by Gasteiger charge is 2.34. The second-order valence-corrected chi connectivity index (χ2v) is 15.5. The summed E-state index contributed by atoms with van der Waals surface area (Å²) in [6, 6.07) is 27.4. The Bertz CT molecular complexity index is 2330. The van der Waals surface area contributed by atoms with E-state index in [-0.39, 0.29) is 29.3 Å². The monoisotopic (exact) mass is 726 g/mol. The molecule has 0 radical (unpaired) electrons. The predicted octanol–water partition coefficient (Wildman–Crippen LogP) is 10.6. The van der Waals surface area contributed by atoms with E-state index in [2.05, 4.69) is 75.4 Å². The van der Waals surface area contributed by atoms with E-state index in [0.717, 1.165) is 66.1 Å². The SMILES string of the molecule is CC(=O)OC1CCC(OC(C)=O)c2cc(-c3c4ccccc4c(-c4ccc5c(c4)C(OC(C)=O)CCC5OC(C)=O)c4cc(C(C)(C)C)ccc34)ccc21. The first-order valence-corrected chi connectivity index (χ1v) is 18.7. The van der Waals surface area contributed by atoms with Gasteiger partial charge in [-0.15, -0.1) is 0 Å². The topological polar surface area (TPSA) is 105 Å². The maximum Gasteiger partial charge on any atom is 0.303 e. The van der Waals surface area contributed by atoms with Crippen molar-refractivity contribution in [2.75, 3.05) is 0 Å². The summed E-state index contributed by atoms with van der Waals surface area (Å²) in [5.74, 6) is -1.44. The fraction of sp³-hybridized carbons (Fsp3) is 0.348. The molecule has 7 rings (SSSR count). The number of benzene rings is 5. The Kier molecular flexibility index (Phi) is 9.81. The van der Waals surface area contributed by atoms with Crippen LogP contribution in [0.2, 0.25) is 0 Å². The molecule has 0 amide bonds. The smallest absolute Gasteiger partial charge is 0.303 e. The van der Waals surface area contributed by atoms with E-state index in [9.17, 15) is 19.2 Å². The van der Waals surface area contributed by atoms with Gasteiger partial charge in [-0.3, -0.25) is 19.2 Å². The van der Waals surface area contributed by atoms with E-state index < -0.39 is 24.4 Å². The molecule has 0 heterocycles. The third kappa shape index (κ3) is 7.09. The van der Waals surface area contributed by atoms with Gasteiger partial charge in [0.05, 0.1) is 0 Å². The molecule has 0 saturated heterocycles. The first-order valence-electron chi connectivity index (χ1n) is 18.7. The van der Waals surface area contributed by atoms with Gasteiger partial charge in [0.15, 0.2) is 0 Å². The van der Waals surface area contributed by atoms with Crippen molar-refractivity contribution >= 4 is 45.4 Å². The Morgan fingerprint density at radius 2 is 0.833 bits per heavy atom. The van der Waals surface area contributed by atoms with Crippen molar-refractivity contribution in [3.63, 3.8) is 0 Å². The number of hydrogen-bond acceptors (Lipinski definition) is 8. The minimum Gasteiger partial charge on any atom is -0.458 e. The first-order chi connectivity index (χ1) is 25.7. The lowest BCUT2D eigenvalue weighted by molar-refractivity contribution is -0.153. The van der Waals surface area contributed by atoms with Gasteiger partial charge in [-0.2, -0.15) is 0 Å². The minimum atomic E-state index is -0.470. The van der Waals surface area contributed by atoms with E-state index in [4.69, 9.17) is 18.9 Å². The molecule has 2 aliphatic carbocycles. The predicted molar refractivity (Wildman–Crippen MR) is 208 cm³/mol. The molecule has 0 aromatic heterocycles. The van der Waals surface area contributed by atoms with Crippen LogP contribution in [-0.4, -0.2) is 23.9 Å². The normalized spacial score (nSPS) is 19.4. The molecule has 0 spiro atoms. The number of carbonyl (C=O) groups excluding carboxylic acids is 4. The van der Waals surface area contributed by atoms with Crippen LogP contribution >= 0.6 is 0 Å². The molecule has 278 valence electrons. The minimum absolute atomic E-state index is 0.139. The fourth-order valence-electron chi connectivity index (χ4n) is 8.39. The highest BCUT2D eigenvalue weighted by molar-refractivity contribution is 6.21. The van der Waals surface area contributed by atoms with Crippen molar-refractivity contribution < 1.29 is 38.1 Å². The Morgan fingerprint density at radius 1 is 0.463 bits per heavy atom. The van der Waals surface area contributed by atoms with E-state index in [1.54, 1.807) is 0 Å². The maximum absolute atomic E-state index is 12.3. The molecule has 2 aliphatic rings. The lowest BCUT2D eigenvalue weighted by Crippen LogP contribution is -2.21. The van der Waals surface area contributed by atoms with Gasteiger partial charge >= 0.3 is 23.9 Å². The summed E-state index contributed by atoms with van der Waals surface area (Å²) in [4.78, 5) is 48.6. The summed E-state index contributed by atoms with van der Waals surface area (Å²) >= 11 is 0. The van der Waals surface area contributed by atoms with Crippen molar-refractivity contribution in [1.29, 1.82) is 0 Å². The van der Waals surface area contributed by atoms with Gasteiger partial charge in [-0.05, 0) is 121 Å². The summed E-state index contributed by atoms with van der Waals surface area (Å²) in [5.41, 5.74) is 8.38. The quantitative estimate of drug-likeness (QED) is 0.0967. The van der Waals surface area contributed by atoms with Crippen LogP contribution in [0.4, 0.5) is 0 Å². The second kappa shape index (κ2) is 14.4. The van der Waals surface area contributed by atoms with Gasteiger partial charge in [0, 0.05) is 27.7 Å². The van der Waals surface area contributed by atoms with Gasteiger partial charge in [0.1, 0.15) is 24.4 Å². The molecular formula is C46H46O8. The average Bonchev–Trinajstić information content (AvgIpc) is 3.11. The maximum atomic E-state index is 12.3. The molecule has 54 heavy (non-hydrogen) atoms. The van der Waals surface area contributed by atoms with Crippen LogP contribution in [0.3, 0.4) is 0 Å². The van der Waals surface area contributed by atoms with Crippen LogP contribution in [-0.2, 0) is 43.5 Å². The van der Waals surface area contributed by atoms with E-state index in [1.807, 2.05) is 24.3 Å². The summed E-state index contributed by atoms with van der Waals surface area (Å²) in [7, 11) is 0. The molecule has 4 atom stereocenters. The van der Waals surface area contributed by atoms with Crippen molar-refractivity contribution in [3.8, 4) is 22.3 Å². The van der Waals surface area contributed by atoms with Crippen LogP contribution in [0, 0.1) is 0 Å². The molecule has 5 aromatic carbocycles. The highest BCUT2D eigenvalue weighted by atomic mass is 16.6. The second-order valence-electron chi connectivity index (χ2n) is 15.5. The Labute approximate surface area is 315 Å².